The van der Waals surface area contributed by atoms with E-state index in [4.69, 9.17) is 22.0 Å². The summed E-state index contributed by atoms with van der Waals surface area (Å²) in [6.45, 7) is 5.79. The Hall–Kier alpha value is -3.73. The van der Waals surface area contributed by atoms with Crippen molar-refractivity contribution in [3.8, 4) is 11.3 Å². The number of carboxylic acid groups (broad SMARTS) is 1. The number of nitrogens with zero attached hydrogens (tertiary/aromatic N) is 6. The van der Waals surface area contributed by atoms with Crippen LogP contribution < -0.4 is 10.2 Å². The van der Waals surface area contributed by atoms with E-state index in [1.54, 1.807) is 24.1 Å². The van der Waals surface area contributed by atoms with Gasteiger partial charge in [-0.05, 0) is 43.7 Å². The molecule has 3 aromatic rings. The standard InChI is InChI=1S/C27H33ClN8O3/c1-15-7-9-17(10-8-15)13-36-22-21(18-5-4-6-19(28)11-18)30-25(23(29)31-27(38)39)32-24(22)33-26(36)35-14-20(37)34(3)12-16(35)2/h4-6,11,15-17H,7-10,12-14H2,1-3H3,(H2,29,31)(H,38,39)/t15-,16-,17-/m1/s1. The van der Waals surface area contributed by atoms with Crippen LogP contribution in [0.4, 0.5) is 10.7 Å². The van der Waals surface area contributed by atoms with E-state index in [0.717, 1.165) is 25.7 Å². The second-order valence-corrected chi connectivity index (χ2v) is 11.2. The van der Waals surface area contributed by atoms with Crippen LogP contribution in [0, 0.1) is 17.2 Å². The van der Waals surface area contributed by atoms with Crippen LogP contribution in [0.25, 0.3) is 22.4 Å². The number of anilines is 1. The number of carbonyl (C=O) groups is 2. The van der Waals surface area contributed by atoms with Crippen molar-refractivity contribution in [2.75, 3.05) is 25.0 Å². The summed E-state index contributed by atoms with van der Waals surface area (Å²) < 4.78 is 2.12. The van der Waals surface area contributed by atoms with Crippen LogP contribution in [0.2, 0.25) is 5.02 Å². The molecule has 11 nitrogen and oxygen atoms in total. The third-order valence-electron chi connectivity index (χ3n) is 7.77. The van der Waals surface area contributed by atoms with Gasteiger partial charge in [0.2, 0.25) is 11.9 Å². The first-order chi connectivity index (χ1) is 18.6. The molecule has 0 bridgehead atoms. The minimum atomic E-state index is -1.38. The summed E-state index contributed by atoms with van der Waals surface area (Å²) >= 11 is 6.35. The molecular weight excluding hydrogens is 520 g/mol. The van der Waals surface area contributed by atoms with E-state index in [0.29, 0.717) is 58.3 Å². The third kappa shape index (κ3) is 5.54. The summed E-state index contributed by atoms with van der Waals surface area (Å²) in [6, 6.07) is 7.25. The molecule has 1 aromatic carbocycles. The Morgan fingerprint density at radius 1 is 1.18 bits per heavy atom. The minimum absolute atomic E-state index is 0.00692. The number of benzene rings is 1. The molecule has 0 unspecified atom stereocenters. The first kappa shape index (κ1) is 26.9. The Kier molecular flexibility index (Phi) is 7.44. The molecular formula is C27H33ClN8O3. The summed E-state index contributed by atoms with van der Waals surface area (Å²) in [4.78, 5) is 41.9. The normalized spacial score (nSPS) is 21.8. The minimum Gasteiger partial charge on any atom is -0.465 e. The molecule has 39 heavy (non-hydrogen) atoms. The lowest BCUT2D eigenvalue weighted by atomic mass is 9.83. The van der Waals surface area contributed by atoms with E-state index in [2.05, 4.69) is 28.4 Å². The zero-order valence-electron chi connectivity index (χ0n) is 22.3. The van der Waals surface area contributed by atoms with Crippen LogP contribution in [-0.4, -0.2) is 73.5 Å². The second-order valence-electron chi connectivity index (χ2n) is 10.8. The van der Waals surface area contributed by atoms with Crippen molar-refractivity contribution < 1.29 is 14.7 Å². The molecule has 1 aliphatic heterocycles. The first-order valence-electron chi connectivity index (χ1n) is 13.2. The topological polar surface area (TPSA) is 140 Å². The lowest BCUT2D eigenvalue weighted by molar-refractivity contribution is -0.130. The van der Waals surface area contributed by atoms with Crippen LogP contribution in [0.1, 0.15) is 45.4 Å². The summed E-state index contributed by atoms with van der Waals surface area (Å²) in [5, 5.41) is 20.0. The number of hydrogen-bond donors (Lipinski definition) is 3. The zero-order valence-corrected chi connectivity index (χ0v) is 23.1. The summed E-state index contributed by atoms with van der Waals surface area (Å²) in [5.74, 6) is 1.22. The van der Waals surface area contributed by atoms with Crippen molar-refractivity contribution in [3.63, 3.8) is 0 Å². The van der Waals surface area contributed by atoms with E-state index in [1.807, 2.05) is 22.3 Å². The van der Waals surface area contributed by atoms with Gasteiger partial charge in [0.15, 0.2) is 17.3 Å². The van der Waals surface area contributed by atoms with Gasteiger partial charge in [-0.1, -0.05) is 43.5 Å². The number of amides is 2. The molecule has 2 aliphatic rings. The van der Waals surface area contributed by atoms with Gasteiger partial charge < -0.3 is 19.5 Å². The molecule has 1 saturated heterocycles. The molecule has 206 valence electrons. The highest BCUT2D eigenvalue weighted by Crippen LogP contribution is 2.36. The molecule has 0 radical (unpaired) electrons. The average Bonchev–Trinajstić information content (AvgIpc) is 3.24. The molecule has 1 saturated carbocycles. The molecule has 0 spiro atoms. The van der Waals surface area contributed by atoms with Crippen molar-refractivity contribution in [1.29, 1.82) is 5.41 Å². The predicted octanol–water partition coefficient (Wildman–Crippen LogP) is 4.23. The highest BCUT2D eigenvalue weighted by atomic mass is 35.5. The Bertz CT molecular complexity index is 1430. The van der Waals surface area contributed by atoms with Crippen LogP contribution >= 0.6 is 11.6 Å². The molecule has 2 fully saturated rings. The van der Waals surface area contributed by atoms with Gasteiger partial charge in [-0.2, -0.15) is 4.98 Å². The van der Waals surface area contributed by atoms with Crippen LogP contribution in [0.3, 0.4) is 0 Å². The van der Waals surface area contributed by atoms with Crippen molar-refractivity contribution in [1.82, 2.24) is 29.7 Å². The van der Waals surface area contributed by atoms with Gasteiger partial charge in [-0.25, -0.2) is 14.8 Å². The molecule has 2 amide bonds. The second kappa shape index (κ2) is 10.8. The van der Waals surface area contributed by atoms with E-state index in [-0.39, 0.29) is 24.3 Å². The van der Waals surface area contributed by atoms with E-state index < -0.39 is 11.9 Å². The number of halogens is 1. The lowest BCUT2D eigenvalue weighted by Gasteiger charge is -2.38. The van der Waals surface area contributed by atoms with Crippen LogP contribution in [0.5, 0.6) is 0 Å². The highest BCUT2D eigenvalue weighted by Gasteiger charge is 2.33. The van der Waals surface area contributed by atoms with E-state index in [1.165, 1.54) is 0 Å². The number of nitrogens with one attached hydrogen (secondary N) is 2. The van der Waals surface area contributed by atoms with Gasteiger partial charge >= 0.3 is 6.09 Å². The van der Waals surface area contributed by atoms with E-state index >= 15 is 0 Å². The fourth-order valence-corrected chi connectivity index (χ4v) is 5.78. The van der Waals surface area contributed by atoms with Crippen molar-refractivity contribution in [2.45, 2.75) is 52.1 Å². The fourth-order valence-electron chi connectivity index (χ4n) is 5.59. The van der Waals surface area contributed by atoms with Gasteiger partial charge in [-0.15, -0.1) is 0 Å². The van der Waals surface area contributed by atoms with Gasteiger partial charge in [-0.3, -0.25) is 15.5 Å². The quantitative estimate of drug-likeness (QED) is 0.318. The SMILES string of the molecule is C[C@@H]1CN(C)C(=O)CN1c1nc2nc(C(=N)NC(=O)O)nc(-c3cccc(Cl)c3)c2n1C[C@H]1CC[C@H](C)CC1. The van der Waals surface area contributed by atoms with E-state index in [9.17, 15) is 14.7 Å². The molecule has 3 heterocycles. The smallest absolute Gasteiger partial charge is 0.410 e. The van der Waals surface area contributed by atoms with Crippen molar-refractivity contribution in [2.24, 2.45) is 11.8 Å². The van der Waals surface area contributed by atoms with Gasteiger partial charge in [0.25, 0.3) is 0 Å². The predicted molar refractivity (Wildman–Crippen MR) is 149 cm³/mol. The first-order valence-corrected chi connectivity index (χ1v) is 13.6. The third-order valence-corrected chi connectivity index (χ3v) is 8.01. The number of hydrogen-bond acceptors (Lipinski definition) is 7. The molecule has 12 heteroatoms. The molecule has 5 rings (SSSR count). The summed E-state index contributed by atoms with van der Waals surface area (Å²) in [5.41, 5.74) is 2.22. The molecule has 2 aromatic heterocycles. The molecule has 1 aliphatic carbocycles. The maximum Gasteiger partial charge on any atom is 0.410 e. The number of piperazine rings is 1. The van der Waals surface area contributed by atoms with Crippen molar-refractivity contribution >= 4 is 46.5 Å². The maximum atomic E-state index is 12.8. The summed E-state index contributed by atoms with van der Waals surface area (Å²) in [7, 11) is 1.80. The number of aromatic nitrogens is 4. The average molecular weight is 553 g/mol. The Labute approximate surface area is 231 Å². The van der Waals surface area contributed by atoms with Crippen LogP contribution in [-0.2, 0) is 11.3 Å². The number of rotatable bonds is 5. The fraction of sp³-hybridized carbons (Fsp3) is 0.481. The number of fused-ring (bicyclic) bond motifs is 1. The summed E-state index contributed by atoms with van der Waals surface area (Å²) in [6.07, 6.45) is 3.13. The number of amidine groups is 1. The Balaban J connectivity index is 1.72. The number of imidazole rings is 1. The highest BCUT2D eigenvalue weighted by molar-refractivity contribution is 6.30. The number of likely N-dealkylation sites (N-methyl/N-ethyl adjacent to an activating group) is 1. The van der Waals surface area contributed by atoms with Gasteiger partial charge in [0, 0.05) is 36.8 Å². The monoisotopic (exact) mass is 552 g/mol. The van der Waals surface area contributed by atoms with Gasteiger partial charge in [0.05, 0.1) is 0 Å². The lowest BCUT2D eigenvalue weighted by Crippen LogP contribution is -2.54. The Morgan fingerprint density at radius 3 is 2.62 bits per heavy atom. The zero-order chi connectivity index (χ0) is 27.8. The maximum absolute atomic E-state index is 12.8. The largest absolute Gasteiger partial charge is 0.465 e. The van der Waals surface area contributed by atoms with Crippen molar-refractivity contribution in [3.05, 3.63) is 35.1 Å². The van der Waals surface area contributed by atoms with Gasteiger partial charge in [0.1, 0.15) is 17.8 Å². The Morgan fingerprint density at radius 2 is 1.92 bits per heavy atom. The molecule has 3 N–H and O–H groups in total. The number of carbonyl (C=O) groups excluding carboxylic acids is 1. The van der Waals surface area contributed by atoms with Crippen LogP contribution in [0.15, 0.2) is 24.3 Å². The molecule has 1 atom stereocenters.